The minimum Gasteiger partial charge on any atom is -0.298 e. The normalized spacial score (nSPS) is 10.0. The molecule has 0 saturated heterocycles. The molecule has 1 heterocycles. The Hall–Kier alpha value is -0.320. The van der Waals surface area contributed by atoms with Crippen molar-refractivity contribution >= 4 is 47.3 Å². The molecule has 1 aromatic heterocycles. The highest BCUT2D eigenvalue weighted by molar-refractivity contribution is 8.01. The van der Waals surface area contributed by atoms with E-state index in [1.807, 2.05) is 6.92 Å². The van der Waals surface area contributed by atoms with Gasteiger partial charge in [0.25, 0.3) is 0 Å². The molecule has 0 saturated carbocycles. The molecule has 0 aliphatic carbocycles. The molecule has 1 aromatic rings. The van der Waals surface area contributed by atoms with Crippen molar-refractivity contribution < 1.29 is 9.59 Å². The Labute approximate surface area is 89.3 Å². The first kappa shape index (κ1) is 10.8. The van der Waals surface area contributed by atoms with Crippen LogP contribution in [-0.2, 0) is 0 Å². The predicted octanol–water partition coefficient (Wildman–Crippen LogP) is 3.14. The molecule has 2 nitrogen and oxygen atoms in total. The van der Waals surface area contributed by atoms with Crippen LogP contribution in [0, 0.1) is 0 Å². The van der Waals surface area contributed by atoms with Gasteiger partial charge in [-0.15, -0.1) is 23.1 Å². The highest BCUT2D eigenvalue weighted by atomic mass is 35.5. The van der Waals surface area contributed by atoms with Crippen LogP contribution in [-0.4, -0.2) is 18.3 Å². The van der Waals surface area contributed by atoms with E-state index in [2.05, 4.69) is 0 Å². The fraction of sp³-hybridized carbons (Fsp3) is 0.250. The van der Waals surface area contributed by atoms with Crippen LogP contribution >= 0.6 is 34.7 Å². The number of hydrogen-bond acceptors (Lipinski definition) is 4. The zero-order valence-corrected chi connectivity index (χ0v) is 9.26. The number of rotatable bonds is 4. The van der Waals surface area contributed by atoms with Crippen LogP contribution in [0.4, 0.5) is 0 Å². The van der Waals surface area contributed by atoms with Crippen molar-refractivity contribution in [3.05, 3.63) is 15.5 Å². The van der Waals surface area contributed by atoms with Crippen molar-refractivity contribution in [2.24, 2.45) is 0 Å². The maximum Gasteiger partial charge on any atom is 0.161 e. The molecular weight excluding hydrogens is 228 g/mol. The Morgan fingerprint density at radius 3 is 2.62 bits per heavy atom. The lowest BCUT2D eigenvalue weighted by Gasteiger charge is -1.92. The van der Waals surface area contributed by atoms with E-state index in [0.717, 1.165) is 9.96 Å². The maximum absolute atomic E-state index is 10.6. The number of thiophene rings is 1. The Kier molecular flexibility index (Phi) is 3.96. The van der Waals surface area contributed by atoms with Gasteiger partial charge in [-0.3, -0.25) is 9.59 Å². The molecule has 0 atom stereocenters. The smallest absolute Gasteiger partial charge is 0.161 e. The van der Waals surface area contributed by atoms with E-state index in [4.69, 9.17) is 11.6 Å². The fourth-order valence-electron chi connectivity index (χ4n) is 0.836. The molecule has 0 aliphatic rings. The quantitative estimate of drug-likeness (QED) is 0.593. The zero-order chi connectivity index (χ0) is 9.84. The summed E-state index contributed by atoms with van der Waals surface area (Å²) in [5, 5.41) is 0.283. The summed E-state index contributed by atoms with van der Waals surface area (Å²) >= 11 is 8.59. The summed E-state index contributed by atoms with van der Waals surface area (Å²) in [6.45, 7) is 1.98. The summed E-state index contributed by atoms with van der Waals surface area (Å²) < 4.78 is 0.824. The zero-order valence-electron chi connectivity index (χ0n) is 6.87. The highest BCUT2D eigenvalue weighted by Gasteiger charge is 2.15. The minimum atomic E-state index is 0.283. The Bertz CT molecular complexity index is 333. The minimum absolute atomic E-state index is 0.283. The second-order valence-electron chi connectivity index (χ2n) is 2.15. The molecule has 70 valence electrons. The second-order valence-corrected chi connectivity index (χ2v) is 5.11. The number of carbonyl (C=O) groups is 2. The van der Waals surface area contributed by atoms with Gasteiger partial charge in [0.05, 0.1) is 19.7 Å². The summed E-state index contributed by atoms with van der Waals surface area (Å²) in [5.41, 5.74) is 0.445. The van der Waals surface area contributed by atoms with Gasteiger partial charge < -0.3 is 0 Å². The summed E-state index contributed by atoms with van der Waals surface area (Å²) in [4.78, 5) is 21.6. The number of aldehydes is 2. The number of carbonyl (C=O) groups excluding carboxylic acids is 2. The third-order valence-corrected chi connectivity index (χ3v) is 4.19. The first-order valence-electron chi connectivity index (χ1n) is 3.60. The molecule has 0 amide bonds. The van der Waals surface area contributed by atoms with Crippen LogP contribution in [0.15, 0.2) is 4.21 Å². The first-order valence-corrected chi connectivity index (χ1v) is 5.78. The van der Waals surface area contributed by atoms with Crippen LogP contribution in [0.2, 0.25) is 5.02 Å². The first-order chi connectivity index (χ1) is 6.24. The average Bonchev–Trinajstić information content (AvgIpc) is 2.43. The van der Waals surface area contributed by atoms with Crippen molar-refractivity contribution in [3.8, 4) is 0 Å². The average molecular weight is 235 g/mol. The molecule has 0 radical (unpaired) electrons. The van der Waals surface area contributed by atoms with Crippen molar-refractivity contribution in [2.75, 3.05) is 5.75 Å². The van der Waals surface area contributed by atoms with Gasteiger partial charge in [-0.05, 0) is 5.75 Å². The number of thioether (sulfide) groups is 1. The van der Waals surface area contributed by atoms with E-state index < -0.39 is 0 Å². The summed E-state index contributed by atoms with van der Waals surface area (Å²) in [6, 6.07) is 0. The van der Waals surface area contributed by atoms with Gasteiger partial charge in [-0.25, -0.2) is 0 Å². The molecule has 1 rings (SSSR count). The monoisotopic (exact) mass is 234 g/mol. The fourth-order valence-corrected chi connectivity index (χ4v) is 3.38. The van der Waals surface area contributed by atoms with Crippen molar-refractivity contribution in [1.29, 1.82) is 0 Å². The van der Waals surface area contributed by atoms with Crippen molar-refractivity contribution in [1.82, 2.24) is 0 Å². The van der Waals surface area contributed by atoms with Crippen LogP contribution in [0.25, 0.3) is 0 Å². The topological polar surface area (TPSA) is 34.1 Å². The van der Waals surface area contributed by atoms with Gasteiger partial charge in [0.1, 0.15) is 0 Å². The molecule has 0 aromatic carbocycles. The van der Waals surface area contributed by atoms with Crippen LogP contribution in [0.1, 0.15) is 27.0 Å². The van der Waals surface area contributed by atoms with Crippen LogP contribution in [0.3, 0.4) is 0 Å². The maximum atomic E-state index is 10.6. The molecule has 0 fully saturated rings. The second kappa shape index (κ2) is 4.79. The molecule has 0 N–H and O–H groups in total. The van der Waals surface area contributed by atoms with Gasteiger partial charge in [-0.1, -0.05) is 18.5 Å². The van der Waals surface area contributed by atoms with Gasteiger partial charge >= 0.3 is 0 Å². The van der Waals surface area contributed by atoms with E-state index in [1.54, 1.807) is 0 Å². The lowest BCUT2D eigenvalue weighted by molar-refractivity contribution is 0.112. The van der Waals surface area contributed by atoms with Crippen LogP contribution in [0.5, 0.6) is 0 Å². The van der Waals surface area contributed by atoms with E-state index >= 15 is 0 Å². The van der Waals surface area contributed by atoms with Gasteiger partial charge in [0, 0.05) is 0 Å². The summed E-state index contributed by atoms with van der Waals surface area (Å²) in [7, 11) is 0. The highest BCUT2D eigenvalue weighted by Crippen LogP contribution is 2.37. The lowest BCUT2D eigenvalue weighted by atomic mass is 10.3. The van der Waals surface area contributed by atoms with Gasteiger partial charge in [-0.2, -0.15) is 0 Å². The van der Waals surface area contributed by atoms with Crippen LogP contribution < -0.4 is 0 Å². The van der Waals surface area contributed by atoms with E-state index in [-0.39, 0.29) is 5.02 Å². The summed E-state index contributed by atoms with van der Waals surface area (Å²) in [5.74, 6) is 0.857. The number of hydrogen-bond donors (Lipinski definition) is 0. The lowest BCUT2D eigenvalue weighted by Crippen LogP contribution is -1.80. The van der Waals surface area contributed by atoms with Crippen molar-refractivity contribution in [3.63, 3.8) is 0 Å². The molecular formula is C8H7ClO2S2. The SMILES string of the molecule is CCSc1sc(C=O)c(Cl)c1C=O. The molecule has 0 aliphatic heterocycles. The Morgan fingerprint density at radius 1 is 1.46 bits per heavy atom. The molecule has 13 heavy (non-hydrogen) atoms. The van der Waals surface area contributed by atoms with Gasteiger partial charge in [0.15, 0.2) is 12.6 Å². The predicted molar refractivity (Wildman–Crippen MR) is 56.5 cm³/mol. The van der Waals surface area contributed by atoms with Crippen molar-refractivity contribution in [2.45, 2.75) is 11.1 Å². The van der Waals surface area contributed by atoms with E-state index in [1.165, 1.54) is 23.1 Å². The summed E-state index contributed by atoms with van der Waals surface area (Å²) in [6.07, 6.45) is 1.38. The molecule has 5 heteroatoms. The molecule has 0 unspecified atom stereocenters. The third-order valence-electron chi connectivity index (χ3n) is 1.38. The Balaban J connectivity index is 3.18. The largest absolute Gasteiger partial charge is 0.298 e. The van der Waals surface area contributed by atoms with E-state index in [0.29, 0.717) is 23.0 Å². The van der Waals surface area contributed by atoms with E-state index in [9.17, 15) is 9.59 Å². The van der Waals surface area contributed by atoms with Gasteiger partial charge in [0.2, 0.25) is 0 Å². The standard InChI is InChI=1S/C8H7ClO2S2/c1-2-12-8-5(3-10)7(9)6(4-11)13-8/h3-4H,2H2,1H3. The molecule has 0 spiro atoms. The third kappa shape index (κ3) is 2.13. The number of halogens is 1. The Morgan fingerprint density at radius 2 is 2.15 bits per heavy atom. The molecule has 0 bridgehead atoms.